The molecule has 17 heavy (non-hydrogen) atoms. The van der Waals surface area contributed by atoms with Crippen LogP contribution in [0.1, 0.15) is 32.8 Å². The number of nitrogens with zero attached hydrogens (tertiary/aromatic N) is 1. The predicted molar refractivity (Wildman–Crippen MR) is 78.9 cm³/mol. The van der Waals surface area contributed by atoms with E-state index in [-0.39, 0.29) is 0 Å². The standard InChI is InChI=1S/C13H20N2S2/c1-13(2,3)6-11-8-15-12(17-11)14-7-10-4-5-16-9-10/h4-5,9,11H,6-8H2,1-3H3,(H,14,15). The summed E-state index contributed by atoms with van der Waals surface area (Å²) in [6.07, 6.45) is 1.23. The maximum atomic E-state index is 4.57. The molecule has 1 aromatic rings. The first-order valence-corrected chi connectivity index (χ1v) is 7.81. The molecule has 2 heterocycles. The van der Waals surface area contributed by atoms with Crippen LogP contribution in [-0.2, 0) is 6.54 Å². The van der Waals surface area contributed by atoms with Gasteiger partial charge in [0.05, 0.1) is 6.54 Å². The molecule has 0 saturated heterocycles. The van der Waals surface area contributed by atoms with Crippen molar-refractivity contribution < 1.29 is 0 Å². The van der Waals surface area contributed by atoms with E-state index in [0.717, 1.165) is 18.3 Å². The summed E-state index contributed by atoms with van der Waals surface area (Å²) in [6.45, 7) is 8.75. The molecular formula is C13H20N2S2. The second-order valence-electron chi connectivity index (χ2n) is 5.64. The lowest BCUT2D eigenvalue weighted by atomic mass is 9.90. The highest BCUT2D eigenvalue weighted by molar-refractivity contribution is 8.14. The lowest BCUT2D eigenvalue weighted by Gasteiger charge is -2.21. The highest BCUT2D eigenvalue weighted by atomic mass is 32.2. The van der Waals surface area contributed by atoms with Gasteiger partial charge in [-0.15, -0.1) is 0 Å². The van der Waals surface area contributed by atoms with Crippen LogP contribution >= 0.6 is 23.1 Å². The maximum absolute atomic E-state index is 4.57. The third kappa shape index (κ3) is 4.36. The molecule has 0 aromatic carbocycles. The quantitative estimate of drug-likeness (QED) is 0.903. The van der Waals surface area contributed by atoms with Gasteiger partial charge < -0.3 is 5.32 Å². The molecule has 1 aliphatic rings. The molecule has 1 N–H and O–H groups in total. The molecular weight excluding hydrogens is 248 g/mol. The van der Waals surface area contributed by atoms with Gasteiger partial charge in [-0.1, -0.05) is 32.5 Å². The Hall–Kier alpha value is -0.480. The summed E-state index contributed by atoms with van der Waals surface area (Å²) in [4.78, 5) is 4.57. The van der Waals surface area contributed by atoms with E-state index >= 15 is 0 Å². The number of nitrogens with one attached hydrogen (secondary N) is 1. The van der Waals surface area contributed by atoms with Crippen LogP contribution in [0.2, 0.25) is 0 Å². The van der Waals surface area contributed by atoms with Crippen molar-refractivity contribution in [2.24, 2.45) is 10.4 Å². The third-order valence-electron chi connectivity index (χ3n) is 2.58. The molecule has 0 radical (unpaired) electrons. The second-order valence-corrected chi connectivity index (χ2v) is 7.70. The summed E-state index contributed by atoms with van der Waals surface area (Å²) in [6, 6.07) is 2.16. The maximum Gasteiger partial charge on any atom is 0.157 e. The molecule has 0 fully saturated rings. The minimum Gasteiger partial charge on any atom is -0.361 e. The Morgan fingerprint density at radius 2 is 2.29 bits per heavy atom. The molecule has 0 bridgehead atoms. The van der Waals surface area contributed by atoms with Crippen molar-refractivity contribution in [3.63, 3.8) is 0 Å². The highest BCUT2D eigenvalue weighted by Crippen LogP contribution is 2.31. The molecule has 1 atom stereocenters. The van der Waals surface area contributed by atoms with Crippen molar-refractivity contribution in [3.8, 4) is 0 Å². The van der Waals surface area contributed by atoms with E-state index < -0.39 is 0 Å². The number of rotatable bonds is 3. The van der Waals surface area contributed by atoms with Gasteiger partial charge in [-0.2, -0.15) is 11.3 Å². The second kappa shape index (κ2) is 5.44. The zero-order valence-electron chi connectivity index (χ0n) is 10.7. The van der Waals surface area contributed by atoms with E-state index in [4.69, 9.17) is 0 Å². The Kier molecular flexibility index (Phi) is 4.15. The van der Waals surface area contributed by atoms with Crippen LogP contribution in [0.15, 0.2) is 21.8 Å². The van der Waals surface area contributed by atoms with Crippen LogP contribution in [0.4, 0.5) is 0 Å². The summed E-state index contributed by atoms with van der Waals surface area (Å²) in [5.41, 5.74) is 1.74. The molecule has 0 spiro atoms. The summed E-state index contributed by atoms with van der Waals surface area (Å²) >= 11 is 3.65. The summed E-state index contributed by atoms with van der Waals surface area (Å²) in [5, 5.41) is 9.48. The molecule has 4 heteroatoms. The van der Waals surface area contributed by atoms with E-state index in [2.05, 4.69) is 47.9 Å². The van der Waals surface area contributed by atoms with Crippen molar-refractivity contribution in [1.29, 1.82) is 0 Å². The first kappa shape index (κ1) is 13.0. The van der Waals surface area contributed by atoms with Crippen molar-refractivity contribution in [2.45, 2.75) is 39.0 Å². The van der Waals surface area contributed by atoms with Gasteiger partial charge in [0.15, 0.2) is 5.17 Å². The Morgan fingerprint density at radius 3 is 2.94 bits per heavy atom. The third-order valence-corrected chi connectivity index (χ3v) is 4.46. The molecule has 94 valence electrons. The van der Waals surface area contributed by atoms with Crippen molar-refractivity contribution in [2.75, 3.05) is 6.54 Å². The molecule has 2 nitrogen and oxygen atoms in total. The van der Waals surface area contributed by atoms with Crippen LogP contribution in [0.5, 0.6) is 0 Å². The van der Waals surface area contributed by atoms with Crippen LogP contribution in [0.25, 0.3) is 0 Å². The lowest BCUT2D eigenvalue weighted by molar-refractivity contribution is 0.375. The van der Waals surface area contributed by atoms with Crippen LogP contribution < -0.4 is 5.32 Å². The molecule has 2 rings (SSSR count). The van der Waals surface area contributed by atoms with Gasteiger partial charge in [0, 0.05) is 11.8 Å². The Labute approximate surface area is 112 Å². The number of thioether (sulfide) groups is 1. The Balaban J connectivity index is 1.74. The number of hydrogen-bond donors (Lipinski definition) is 1. The molecule has 0 amide bonds. The Bertz CT molecular complexity index is 377. The van der Waals surface area contributed by atoms with Gasteiger partial charge in [0.2, 0.25) is 0 Å². The van der Waals surface area contributed by atoms with Crippen LogP contribution in [-0.4, -0.2) is 17.0 Å². The molecule has 1 aliphatic heterocycles. The monoisotopic (exact) mass is 268 g/mol. The smallest absolute Gasteiger partial charge is 0.157 e. The van der Waals surface area contributed by atoms with Gasteiger partial charge in [-0.25, -0.2) is 0 Å². The first-order chi connectivity index (χ1) is 8.03. The van der Waals surface area contributed by atoms with Crippen LogP contribution in [0.3, 0.4) is 0 Å². The molecule has 0 aliphatic carbocycles. The predicted octanol–water partition coefficient (Wildman–Crippen LogP) is 3.75. The number of amidine groups is 1. The molecule has 0 saturated carbocycles. The molecule has 1 aromatic heterocycles. The minimum absolute atomic E-state index is 0.399. The van der Waals surface area contributed by atoms with Crippen LogP contribution in [0, 0.1) is 5.41 Å². The summed E-state index contributed by atoms with van der Waals surface area (Å²) < 4.78 is 0. The zero-order chi connectivity index (χ0) is 12.3. The van der Waals surface area contributed by atoms with E-state index in [1.165, 1.54) is 12.0 Å². The van der Waals surface area contributed by atoms with Crippen molar-refractivity contribution in [3.05, 3.63) is 22.4 Å². The highest BCUT2D eigenvalue weighted by Gasteiger charge is 2.24. The van der Waals surface area contributed by atoms with Gasteiger partial charge in [0.1, 0.15) is 0 Å². The van der Waals surface area contributed by atoms with Crippen molar-refractivity contribution >= 4 is 28.3 Å². The van der Waals surface area contributed by atoms with E-state index in [1.54, 1.807) is 11.3 Å². The fourth-order valence-corrected chi connectivity index (χ4v) is 3.90. The Morgan fingerprint density at radius 1 is 1.47 bits per heavy atom. The average Bonchev–Trinajstić information content (AvgIpc) is 2.82. The number of hydrogen-bond acceptors (Lipinski definition) is 4. The largest absolute Gasteiger partial charge is 0.361 e. The van der Waals surface area contributed by atoms with E-state index in [0.29, 0.717) is 10.7 Å². The average molecular weight is 268 g/mol. The summed E-state index contributed by atoms with van der Waals surface area (Å²) in [5.74, 6) is 0. The van der Waals surface area contributed by atoms with E-state index in [1.807, 2.05) is 11.8 Å². The molecule has 1 unspecified atom stereocenters. The van der Waals surface area contributed by atoms with Gasteiger partial charge in [0.25, 0.3) is 0 Å². The zero-order valence-corrected chi connectivity index (χ0v) is 12.3. The van der Waals surface area contributed by atoms with Gasteiger partial charge in [-0.05, 0) is 34.2 Å². The van der Waals surface area contributed by atoms with E-state index in [9.17, 15) is 0 Å². The fraction of sp³-hybridized carbons (Fsp3) is 0.615. The van der Waals surface area contributed by atoms with Crippen molar-refractivity contribution in [1.82, 2.24) is 5.32 Å². The van der Waals surface area contributed by atoms with Gasteiger partial charge in [-0.3, -0.25) is 4.99 Å². The lowest BCUT2D eigenvalue weighted by Crippen LogP contribution is -2.20. The fourth-order valence-electron chi connectivity index (χ4n) is 1.87. The summed E-state index contributed by atoms with van der Waals surface area (Å²) in [7, 11) is 0. The van der Waals surface area contributed by atoms with Gasteiger partial charge >= 0.3 is 0 Å². The number of thiophene rings is 1. The topological polar surface area (TPSA) is 24.4 Å². The normalized spacial score (nSPS) is 20.4. The SMILES string of the molecule is CC(C)(C)CC1CN=C(NCc2ccsc2)S1. The minimum atomic E-state index is 0.399. The number of aliphatic imine (C=N–C) groups is 1. The first-order valence-electron chi connectivity index (χ1n) is 5.99.